The first-order valence-corrected chi connectivity index (χ1v) is 7.97. The fraction of sp³-hybridized carbons (Fsp3) is 0.368. The number of piperazine rings is 1. The molecule has 110 valence electrons. The minimum absolute atomic E-state index is 0.524. The molecule has 2 heteroatoms. The highest BCUT2D eigenvalue weighted by molar-refractivity contribution is 5.20. The van der Waals surface area contributed by atoms with Crippen molar-refractivity contribution in [1.82, 2.24) is 10.2 Å². The SMILES string of the molecule is c1ccc(CCCN2CCNCC2c2ccccc2)cc1. The highest BCUT2D eigenvalue weighted by Gasteiger charge is 2.22. The maximum atomic E-state index is 3.53. The fourth-order valence-corrected chi connectivity index (χ4v) is 3.15. The summed E-state index contributed by atoms with van der Waals surface area (Å²) in [6.07, 6.45) is 2.40. The van der Waals surface area contributed by atoms with Gasteiger partial charge in [-0.3, -0.25) is 4.90 Å². The van der Waals surface area contributed by atoms with Crippen LogP contribution in [0.4, 0.5) is 0 Å². The molecule has 1 saturated heterocycles. The molecule has 0 aromatic heterocycles. The zero-order chi connectivity index (χ0) is 14.3. The van der Waals surface area contributed by atoms with Gasteiger partial charge in [-0.05, 0) is 30.5 Å². The Morgan fingerprint density at radius 3 is 2.43 bits per heavy atom. The Balaban J connectivity index is 1.57. The average molecular weight is 280 g/mol. The molecule has 0 saturated carbocycles. The first kappa shape index (κ1) is 14.3. The van der Waals surface area contributed by atoms with E-state index in [0.29, 0.717) is 6.04 Å². The van der Waals surface area contributed by atoms with Crippen LogP contribution in [0, 0.1) is 0 Å². The Labute approximate surface area is 127 Å². The number of nitrogens with one attached hydrogen (secondary N) is 1. The van der Waals surface area contributed by atoms with Crippen molar-refractivity contribution in [1.29, 1.82) is 0 Å². The average Bonchev–Trinajstić information content (AvgIpc) is 2.57. The van der Waals surface area contributed by atoms with Crippen molar-refractivity contribution >= 4 is 0 Å². The van der Waals surface area contributed by atoms with Gasteiger partial charge in [-0.1, -0.05) is 60.7 Å². The van der Waals surface area contributed by atoms with Gasteiger partial charge in [0.15, 0.2) is 0 Å². The van der Waals surface area contributed by atoms with Crippen LogP contribution in [0.5, 0.6) is 0 Å². The second-order valence-corrected chi connectivity index (χ2v) is 5.76. The number of rotatable bonds is 5. The molecule has 0 aliphatic carbocycles. The zero-order valence-electron chi connectivity index (χ0n) is 12.5. The maximum absolute atomic E-state index is 3.53. The number of aryl methyl sites for hydroxylation is 1. The molecule has 1 unspecified atom stereocenters. The van der Waals surface area contributed by atoms with Crippen molar-refractivity contribution in [3.63, 3.8) is 0 Å². The Kier molecular flexibility index (Phi) is 5.03. The van der Waals surface area contributed by atoms with E-state index < -0.39 is 0 Å². The summed E-state index contributed by atoms with van der Waals surface area (Å²) in [5.41, 5.74) is 2.88. The predicted molar refractivity (Wildman–Crippen MR) is 88.4 cm³/mol. The molecule has 0 radical (unpaired) electrons. The summed E-state index contributed by atoms with van der Waals surface area (Å²) in [6.45, 7) is 4.49. The van der Waals surface area contributed by atoms with E-state index in [0.717, 1.165) is 19.6 Å². The summed E-state index contributed by atoms with van der Waals surface area (Å²) >= 11 is 0. The highest BCUT2D eigenvalue weighted by atomic mass is 15.2. The van der Waals surface area contributed by atoms with Gasteiger partial charge in [0, 0.05) is 25.7 Å². The molecular weight excluding hydrogens is 256 g/mol. The summed E-state index contributed by atoms with van der Waals surface area (Å²) in [6, 6.07) is 22.2. The molecule has 21 heavy (non-hydrogen) atoms. The van der Waals surface area contributed by atoms with E-state index in [1.54, 1.807) is 0 Å². The summed E-state index contributed by atoms with van der Waals surface area (Å²) in [4.78, 5) is 2.63. The van der Waals surface area contributed by atoms with Crippen LogP contribution in [0.25, 0.3) is 0 Å². The van der Waals surface area contributed by atoms with Gasteiger partial charge >= 0.3 is 0 Å². The van der Waals surface area contributed by atoms with Crippen LogP contribution in [0.2, 0.25) is 0 Å². The van der Waals surface area contributed by atoms with Crippen LogP contribution in [-0.2, 0) is 6.42 Å². The first-order chi connectivity index (χ1) is 10.4. The zero-order valence-corrected chi connectivity index (χ0v) is 12.5. The molecule has 2 nitrogen and oxygen atoms in total. The van der Waals surface area contributed by atoms with Crippen molar-refractivity contribution < 1.29 is 0 Å². The minimum Gasteiger partial charge on any atom is -0.314 e. The second-order valence-electron chi connectivity index (χ2n) is 5.76. The standard InChI is InChI=1S/C19H24N2/c1-3-8-17(9-4-1)10-7-14-21-15-13-20-16-19(21)18-11-5-2-6-12-18/h1-6,8-9,11-12,19-20H,7,10,13-16H2. The van der Waals surface area contributed by atoms with E-state index >= 15 is 0 Å². The summed E-state index contributed by atoms with van der Waals surface area (Å²) in [5.74, 6) is 0. The van der Waals surface area contributed by atoms with E-state index in [9.17, 15) is 0 Å². The van der Waals surface area contributed by atoms with Crippen LogP contribution in [0.3, 0.4) is 0 Å². The largest absolute Gasteiger partial charge is 0.314 e. The summed E-state index contributed by atoms with van der Waals surface area (Å²) < 4.78 is 0. The summed E-state index contributed by atoms with van der Waals surface area (Å²) in [5, 5.41) is 3.53. The Morgan fingerprint density at radius 1 is 0.952 bits per heavy atom. The molecular formula is C19H24N2. The van der Waals surface area contributed by atoms with Gasteiger partial charge in [-0.2, -0.15) is 0 Å². The maximum Gasteiger partial charge on any atom is 0.0473 e. The van der Waals surface area contributed by atoms with Crippen LogP contribution in [-0.4, -0.2) is 31.1 Å². The van der Waals surface area contributed by atoms with Crippen LogP contribution in [0.1, 0.15) is 23.6 Å². The van der Waals surface area contributed by atoms with E-state index in [1.165, 1.54) is 30.5 Å². The molecule has 0 amide bonds. The third-order valence-electron chi connectivity index (χ3n) is 4.29. The van der Waals surface area contributed by atoms with Crippen molar-refractivity contribution in [2.45, 2.75) is 18.9 Å². The highest BCUT2D eigenvalue weighted by Crippen LogP contribution is 2.22. The van der Waals surface area contributed by atoms with Crippen molar-refractivity contribution in [2.75, 3.05) is 26.2 Å². The molecule has 1 aliphatic rings. The predicted octanol–water partition coefficient (Wildman–Crippen LogP) is 3.27. The Morgan fingerprint density at radius 2 is 1.67 bits per heavy atom. The Bertz CT molecular complexity index is 524. The van der Waals surface area contributed by atoms with Crippen LogP contribution < -0.4 is 5.32 Å². The lowest BCUT2D eigenvalue weighted by molar-refractivity contribution is 0.160. The van der Waals surface area contributed by atoms with Crippen LogP contribution in [0.15, 0.2) is 60.7 Å². The second kappa shape index (κ2) is 7.39. The summed E-state index contributed by atoms with van der Waals surface area (Å²) in [7, 11) is 0. The molecule has 1 heterocycles. The molecule has 0 bridgehead atoms. The third kappa shape index (κ3) is 3.93. The number of hydrogen-bond donors (Lipinski definition) is 1. The van der Waals surface area contributed by atoms with Gasteiger partial charge in [0.2, 0.25) is 0 Å². The monoisotopic (exact) mass is 280 g/mol. The van der Waals surface area contributed by atoms with Gasteiger partial charge in [0.25, 0.3) is 0 Å². The molecule has 1 N–H and O–H groups in total. The smallest absolute Gasteiger partial charge is 0.0473 e. The Hall–Kier alpha value is -1.64. The van der Waals surface area contributed by atoms with Crippen molar-refractivity contribution in [3.8, 4) is 0 Å². The van der Waals surface area contributed by atoms with Crippen molar-refractivity contribution in [3.05, 3.63) is 71.8 Å². The molecule has 1 aliphatic heterocycles. The normalized spacial score (nSPS) is 19.5. The first-order valence-electron chi connectivity index (χ1n) is 7.97. The van der Waals surface area contributed by atoms with Crippen LogP contribution >= 0.6 is 0 Å². The van der Waals surface area contributed by atoms with Gasteiger partial charge in [0.1, 0.15) is 0 Å². The van der Waals surface area contributed by atoms with Gasteiger partial charge < -0.3 is 5.32 Å². The quantitative estimate of drug-likeness (QED) is 0.904. The molecule has 3 rings (SSSR count). The minimum atomic E-state index is 0.524. The van der Waals surface area contributed by atoms with Gasteiger partial charge in [-0.25, -0.2) is 0 Å². The molecule has 0 spiro atoms. The lowest BCUT2D eigenvalue weighted by Crippen LogP contribution is -2.46. The number of nitrogens with zero attached hydrogens (tertiary/aromatic N) is 1. The third-order valence-corrected chi connectivity index (χ3v) is 4.29. The molecule has 2 aromatic carbocycles. The van der Waals surface area contributed by atoms with E-state index in [-0.39, 0.29) is 0 Å². The number of hydrogen-bond acceptors (Lipinski definition) is 2. The molecule has 1 fully saturated rings. The van der Waals surface area contributed by atoms with E-state index in [2.05, 4.69) is 70.9 Å². The molecule has 2 aromatic rings. The van der Waals surface area contributed by atoms with E-state index in [4.69, 9.17) is 0 Å². The lowest BCUT2D eigenvalue weighted by Gasteiger charge is -2.36. The topological polar surface area (TPSA) is 15.3 Å². The number of benzene rings is 2. The van der Waals surface area contributed by atoms with E-state index in [1.807, 2.05) is 0 Å². The fourth-order valence-electron chi connectivity index (χ4n) is 3.15. The lowest BCUT2D eigenvalue weighted by atomic mass is 10.0. The van der Waals surface area contributed by atoms with Gasteiger partial charge in [0.05, 0.1) is 0 Å². The van der Waals surface area contributed by atoms with Crippen molar-refractivity contribution in [2.24, 2.45) is 0 Å². The molecule has 1 atom stereocenters. The van der Waals surface area contributed by atoms with Gasteiger partial charge in [-0.15, -0.1) is 0 Å².